The van der Waals surface area contributed by atoms with E-state index in [4.69, 9.17) is 16.3 Å². The molecule has 0 saturated heterocycles. The third-order valence-corrected chi connectivity index (χ3v) is 3.82. The predicted molar refractivity (Wildman–Crippen MR) is 69.9 cm³/mol. The zero-order chi connectivity index (χ0) is 13.2. The first-order valence-electron chi connectivity index (χ1n) is 6.02. The van der Waals surface area contributed by atoms with Crippen molar-refractivity contribution < 1.29 is 9.53 Å². The molecule has 0 aliphatic heterocycles. The normalized spacial score (nSPS) is 17.1. The van der Waals surface area contributed by atoms with Crippen molar-refractivity contribution in [2.75, 3.05) is 13.7 Å². The van der Waals surface area contributed by atoms with Crippen molar-refractivity contribution in [3.63, 3.8) is 0 Å². The van der Waals surface area contributed by atoms with Gasteiger partial charge in [-0.2, -0.15) is 0 Å². The molecular formula is C13H17ClN2O2. The van der Waals surface area contributed by atoms with Crippen LogP contribution < -0.4 is 5.32 Å². The number of hydrogen-bond acceptors (Lipinski definition) is 3. The van der Waals surface area contributed by atoms with E-state index in [1.807, 2.05) is 6.92 Å². The third-order valence-electron chi connectivity index (χ3n) is 3.50. The van der Waals surface area contributed by atoms with Gasteiger partial charge in [0.2, 0.25) is 0 Å². The van der Waals surface area contributed by atoms with Crippen LogP contribution in [0.5, 0.6) is 0 Å². The molecule has 1 aromatic rings. The topological polar surface area (TPSA) is 51.2 Å². The molecule has 1 aliphatic carbocycles. The Morgan fingerprint density at radius 3 is 2.83 bits per heavy atom. The summed E-state index contributed by atoms with van der Waals surface area (Å²) in [6, 6.07) is 1.69. The van der Waals surface area contributed by atoms with Crippen LogP contribution in [0.1, 0.15) is 35.3 Å². The smallest absolute Gasteiger partial charge is 0.254 e. The van der Waals surface area contributed by atoms with Gasteiger partial charge in [0.25, 0.3) is 5.91 Å². The molecule has 1 N–H and O–H groups in total. The number of pyridine rings is 1. The van der Waals surface area contributed by atoms with Crippen molar-refractivity contribution in [3.05, 3.63) is 28.5 Å². The van der Waals surface area contributed by atoms with Crippen LogP contribution in [0.4, 0.5) is 0 Å². The van der Waals surface area contributed by atoms with E-state index in [9.17, 15) is 4.79 Å². The lowest BCUT2D eigenvalue weighted by Gasteiger charge is -2.40. The van der Waals surface area contributed by atoms with E-state index in [1.54, 1.807) is 13.2 Å². The van der Waals surface area contributed by atoms with Crippen molar-refractivity contribution in [1.82, 2.24) is 10.3 Å². The van der Waals surface area contributed by atoms with Crippen LogP contribution in [-0.2, 0) is 4.74 Å². The molecule has 1 aliphatic rings. The van der Waals surface area contributed by atoms with Gasteiger partial charge in [-0.15, -0.1) is 0 Å². The van der Waals surface area contributed by atoms with Crippen LogP contribution in [-0.4, -0.2) is 30.1 Å². The minimum atomic E-state index is -0.198. The fourth-order valence-electron chi connectivity index (χ4n) is 2.05. The highest BCUT2D eigenvalue weighted by Crippen LogP contribution is 2.34. The van der Waals surface area contributed by atoms with Crippen LogP contribution in [0.15, 0.2) is 12.3 Å². The highest BCUT2D eigenvalue weighted by atomic mass is 35.5. The SMILES string of the molecule is COC1(CNC(=O)c2cnc(C)cc2Cl)CCC1. The summed E-state index contributed by atoms with van der Waals surface area (Å²) < 4.78 is 5.45. The summed E-state index contributed by atoms with van der Waals surface area (Å²) in [4.78, 5) is 16.1. The molecule has 1 amide bonds. The monoisotopic (exact) mass is 268 g/mol. The molecule has 1 saturated carbocycles. The van der Waals surface area contributed by atoms with Crippen molar-refractivity contribution in [2.45, 2.75) is 31.8 Å². The maximum Gasteiger partial charge on any atom is 0.254 e. The number of methoxy groups -OCH3 is 1. The predicted octanol–water partition coefficient (Wildman–Crippen LogP) is 2.34. The summed E-state index contributed by atoms with van der Waals surface area (Å²) in [5.41, 5.74) is 1.03. The summed E-state index contributed by atoms with van der Waals surface area (Å²) in [7, 11) is 1.69. The molecule has 0 spiro atoms. The van der Waals surface area contributed by atoms with Gasteiger partial charge in [-0.05, 0) is 32.3 Å². The summed E-state index contributed by atoms with van der Waals surface area (Å²) in [5.74, 6) is -0.198. The lowest BCUT2D eigenvalue weighted by Crippen LogP contribution is -2.49. The fraction of sp³-hybridized carbons (Fsp3) is 0.538. The number of carbonyl (C=O) groups excluding carboxylic acids is 1. The second kappa shape index (κ2) is 5.24. The van der Waals surface area contributed by atoms with E-state index in [0.29, 0.717) is 17.1 Å². The van der Waals surface area contributed by atoms with Gasteiger partial charge in [0, 0.05) is 25.5 Å². The number of halogens is 1. The van der Waals surface area contributed by atoms with E-state index < -0.39 is 0 Å². The number of nitrogens with one attached hydrogen (secondary N) is 1. The zero-order valence-corrected chi connectivity index (χ0v) is 11.4. The quantitative estimate of drug-likeness (QED) is 0.912. The molecule has 2 rings (SSSR count). The standard InChI is InChI=1S/C13H17ClN2O2/c1-9-6-11(14)10(7-15-9)12(17)16-8-13(18-2)4-3-5-13/h6-7H,3-5,8H2,1-2H3,(H,16,17). The van der Waals surface area contributed by atoms with Crippen LogP contribution in [0.3, 0.4) is 0 Å². The highest BCUT2D eigenvalue weighted by molar-refractivity contribution is 6.33. The Hall–Kier alpha value is -1.13. The Morgan fingerprint density at radius 2 is 2.33 bits per heavy atom. The van der Waals surface area contributed by atoms with Gasteiger partial charge in [0.1, 0.15) is 0 Å². The molecule has 0 unspecified atom stereocenters. The molecule has 4 nitrogen and oxygen atoms in total. The largest absolute Gasteiger partial charge is 0.376 e. The van der Waals surface area contributed by atoms with E-state index in [0.717, 1.165) is 25.0 Å². The summed E-state index contributed by atoms with van der Waals surface area (Å²) >= 11 is 6.02. The van der Waals surface area contributed by atoms with Gasteiger partial charge in [-0.3, -0.25) is 9.78 Å². The summed E-state index contributed by atoms with van der Waals surface area (Å²) in [5, 5.41) is 3.30. The number of aromatic nitrogens is 1. The summed E-state index contributed by atoms with van der Waals surface area (Å²) in [6.07, 6.45) is 4.64. The molecule has 0 radical (unpaired) electrons. The van der Waals surface area contributed by atoms with Gasteiger partial charge in [0.05, 0.1) is 16.2 Å². The summed E-state index contributed by atoms with van der Waals surface area (Å²) in [6.45, 7) is 2.36. The minimum Gasteiger partial charge on any atom is -0.376 e. The minimum absolute atomic E-state index is 0.180. The van der Waals surface area contributed by atoms with Crippen LogP contribution in [0, 0.1) is 6.92 Å². The van der Waals surface area contributed by atoms with Gasteiger partial charge >= 0.3 is 0 Å². The molecule has 0 aromatic carbocycles. The highest BCUT2D eigenvalue weighted by Gasteiger charge is 2.37. The van der Waals surface area contributed by atoms with Gasteiger partial charge in [0.15, 0.2) is 0 Å². The van der Waals surface area contributed by atoms with Gasteiger partial charge < -0.3 is 10.1 Å². The lowest BCUT2D eigenvalue weighted by molar-refractivity contribution is -0.0679. The van der Waals surface area contributed by atoms with Crippen LogP contribution in [0.25, 0.3) is 0 Å². The Kier molecular flexibility index (Phi) is 3.88. The van der Waals surface area contributed by atoms with Crippen LogP contribution >= 0.6 is 11.6 Å². The van der Waals surface area contributed by atoms with Crippen molar-refractivity contribution in [3.8, 4) is 0 Å². The maximum absolute atomic E-state index is 12.0. The molecular weight excluding hydrogens is 252 g/mol. The number of hydrogen-bond donors (Lipinski definition) is 1. The Balaban J connectivity index is 1.99. The average Bonchev–Trinajstić information content (AvgIpc) is 2.27. The zero-order valence-electron chi connectivity index (χ0n) is 10.6. The lowest BCUT2D eigenvalue weighted by atomic mass is 9.80. The Bertz CT molecular complexity index is 453. The average molecular weight is 269 g/mol. The van der Waals surface area contributed by atoms with Crippen molar-refractivity contribution >= 4 is 17.5 Å². The molecule has 1 heterocycles. The molecule has 0 atom stereocenters. The molecule has 18 heavy (non-hydrogen) atoms. The number of nitrogens with zero attached hydrogens (tertiary/aromatic N) is 1. The molecule has 0 bridgehead atoms. The van der Waals surface area contributed by atoms with Gasteiger partial charge in [-0.25, -0.2) is 0 Å². The van der Waals surface area contributed by atoms with E-state index in [-0.39, 0.29) is 11.5 Å². The van der Waals surface area contributed by atoms with Gasteiger partial charge in [-0.1, -0.05) is 11.6 Å². The molecule has 1 aromatic heterocycles. The fourth-order valence-corrected chi connectivity index (χ4v) is 2.35. The van der Waals surface area contributed by atoms with E-state index >= 15 is 0 Å². The molecule has 1 fully saturated rings. The number of amides is 1. The van der Waals surface area contributed by atoms with E-state index in [1.165, 1.54) is 6.20 Å². The number of aryl methyl sites for hydroxylation is 1. The molecule has 5 heteroatoms. The van der Waals surface area contributed by atoms with Crippen molar-refractivity contribution in [2.24, 2.45) is 0 Å². The maximum atomic E-state index is 12.0. The second-order valence-corrected chi connectivity index (χ2v) is 5.14. The third kappa shape index (κ3) is 2.65. The number of rotatable bonds is 4. The Morgan fingerprint density at radius 1 is 1.61 bits per heavy atom. The van der Waals surface area contributed by atoms with E-state index in [2.05, 4.69) is 10.3 Å². The second-order valence-electron chi connectivity index (χ2n) is 4.73. The van der Waals surface area contributed by atoms with Crippen LogP contribution in [0.2, 0.25) is 5.02 Å². The molecule has 98 valence electrons. The number of carbonyl (C=O) groups is 1. The number of ether oxygens (including phenoxy) is 1. The first-order chi connectivity index (χ1) is 8.56. The first kappa shape index (κ1) is 13.3. The Labute approximate surface area is 112 Å². The first-order valence-corrected chi connectivity index (χ1v) is 6.40. The van der Waals surface area contributed by atoms with Crippen molar-refractivity contribution in [1.29, 1.82) is 0 Å².